The Labute approximate surface area is 123 Å². The lowest BCUT2D eigenvalue weighted by Gasteiger charge is -2.07. The van der Waals surface area contributed by atoms with Crippen molar-refractivity contribution in [3.05, 3.63) is 64.7 Å². The maximum atomic E-state index is 11.9. The third-order valence-electron chi connectivity index (χ3n) is 2.90. The van der Waals surface area contributed by atoms with Crippen molar-refractivity contribution in [1.29, 1.82) is 0 Å². The number of carbonyl (C=O) groups excluding carboxylic acids is 1. The van der Waals surface area contributed by atoms with Gasteiger partial charge in [-0.3, -0.25) is 4.79 Å². The van der Waals surface area contributed by atoms with Gasteiger partial charge in [0.25, 0.3) is 0 Å². The zero-order chi connectivity index (χ0) is 14.4. The quantitative estimate of drug-likeness (QED) is 0.918. The lowest BCUT2D eigenvalue weighted by Crippen LogP contribution is -2.24. The van der Waals surface area contributed by atoms with E-state index in [1.54, 1.807) is 7.11 Å². The molecule has 0 saturated heterocycles. The number of halogens is 1. The molecule has 0 fully saturated rings. The van der Waals surface area contributed by atoms with Crippen molar-refractivity contribution in [2.75, 3.05) is 7.11 Å². The molecule has 2 aromatic carbocycles. The Morgan fingerprint density at radius 1 is 1.15 bits per heavy atom. The summed E-state index contributed by atoms with van der Waals surface area (Å²) in [6, 6.07) is 14.9. The molecular weight excluding hydrogens is 274 g/mol. The van der Waals surface area contributed by atoms with Crippen molar-refractivity contribution < 1.29 is 9.53 Å². The van der Waals surface area contributed by atoms with Crippen molar-refractivity contribution in [3.63, 3.8) is 0 Å². The Bertz CT molecular complexity index is 581. The summed E-state index contributed by atoms with van der Waals surface area (Å²) in [4.78, 5) is 11.9. The Morgan fingerprint density at radius 3 is 2.60 bits per heavy atom. The molecule has 0 unspecified atom stereocenters. The molecule has 0 spiro atoms. The Balaban J connectivity index is 1.87. The van der Waals surface area contributed by atoms with Crippen molar-refractivity contribution in [2.45, 2.75) is 13.0 Å². The van der Waals surface area contributed by atoms with E-state index in [1.165, 1.54) is 0 Å². The molecule has 2 aromatic rings. The second kappa shape index (κ2) is 6.96. The number of benzene rings is 2. The van der Waals surface area contributed by atoms with E-state index >= 15 is 0 Å². The zero-order valence-electron chi connectivity index (χ0n) is 11.2. The number of hydrogen-bond donors (Lipinski definition) is 1. The minimum Gasteiger partial charge on any atom is -0.497 e. The summed E-state index contributed by atoms with van der Waals surface area (Å²) < 4.78 is 5.13. The first-order valence-corrected chi connectivity index (χ1v) is 6.69. The summed E-state index contributed by atoms with van der Waals surface area (Å²) in [5.74, 6) is 0.737. The minimum absolute atomic E-state index is 0.0202. The molecule has 1 amide bonds. The molecule has 104 valence electrons. The summed E-state index contributed by atoms with van der Waals surface area (Å²) in [6.07, 6.45) is 0.338. The van der Waals surface area contributed by atoms with E-state index in [-0.39, 0.29) is 5.91 Å². The fourth-order valence-corrected chi connectivity index (χ4v) is 1.96. The van der Waals surface area contributed by atoms with Gasteiger partial charge in [-0.1, -0.05) is 35.9 Å². The number of ether oxygens (including phenoxy) is 1. The predicted octanol–water partition coefficient (Wildman–Crippen LogP) is 3.21. The second-order valence-corrected chi connectivity index (χ2v) is 4.87. The average Bonchev–Trinajstić information content (AvgIpc) is 2.47. The molecule has 0 atom stereocenters. The van der Waals surface area contributed by atoms with Crippen LogP contribution in [0.2, 0.25) is 5.02 Å². The first-order valence-electron chi connectivity index (χ1n) is 6.31. The van der Waals surface area contributed by atoms with E-state index in [0.29, 0.717) is 18.0 Å². The molecule has 1 N–H and O–H groups in total. The molecule has 0 aromatic heterocycles. The van der Waals surface area contributed by atoms with Gasteiger partial charge in [-0.25, -0.2) is 0 Å². The van der Waals surface area contributed by atoms with Crippen LogP contribution in [-0.4, -0.2) is 13.0 Å². The highest BCUT2D eigenvalue weighted by Crippen LogP contribution is 2.13. The highest BCUT2D eigenvalue weighted by atomic mass is 35.5. The summed E-state index contributed by atoms with van der Waals surface area (Å²) in [6.45, 7) is 0.500. The average molecular weight is 290 g/mol. The lowest BCUT2D eigenvalue weighted by atomic mass is 10.1. The Kier molecular flexibility index (Phi) is 5.02. The van der Waals surface area contributed by atoms with Gasteiger partial charge in [0.15, 0.2) is 0 Å². The topological polar surface area (TPSA) is 38.3 Å². The van der Waals surface area contributed by atoms with Crippen molar-refractivity contribution in [2.24, 2.45) is 0 Å². The molecule has 0 aliphatic heterocycles. The maximum absolute atomic E-state index is 11.9. The molecular formula is C16H16ClNO2. The van der Waals surface area contributed by atoms with E-state index in [0.717, 1.165) is 16.9 Å². The number of rotatable bonds is 5. The van der Waals surface area contributed by atoms with Crippen LogP contribution >= 0.6 is 11.6 Å². The van der Waals surface area contributed by atoms with Gasteiger partial charge in [0.2, 0.25) is 5.91 Å². The van der Waals surface area contributed by atoms with Gasteiger partial charge in [0.1, 0.15) is 5.75 Å². The SMILES string of the molecule is COc1cccc(CC(=O)NCc2ccc(Cl)cc2)c1. The fourth-order valence-electron chi connectivity index (χ4n) is 1.83. The zero-order valence-corrected chi connectivity index (χ0v) is 12.0. The van der Waals surface area contributed by atoms with Gasteiger partial charge in [-0.05, 0) is 35.4 Å². The predicted molar refractivity (Wildman–Crippen MR) is 80.0 cm³/mol. The van der Waals surface area contributed by atoms with E-state index < -0.39 is 0 Å². The van der Waals surface area contributed by atoms with Crippen LogP contribution in [0.5, 0.6) is 5.75 Å². The van der Waals surface area contributed by atoms with Gasteiger partial charge in [0.05, 0.1) is 13.5 Å². The van der Waals surface area contributed by atoms with Crippen LogP contribution in [0.4, 0.5) is 0 Å². The maximum Gasteiger partial charge on any atom is 0.224 e. The summed E-state index contributed by atoms with van der Waals surface area (Å²) in [5.41, 5.74) is 1.95. The van der Waals surface area contributed by atoms with Crippen molar-refractivity contribution in [1.82, 2.24) is 5.32 Å². The highest BCUT2D eigenvalue weighted by molar-refractivity contribution is 6.30. The van der Waals surface area contributed by atoms with Crippen LogP contribution in [0.15, 0.2) is 48.5 Å². The largest absolute Gasteiger partial charge is 0.497 e. The van der Waals surface area contributed by atoms with Crippen LogP contribution in [0.25, 0.3) is 0 Å². The third-order valence-corrected chi connectivity index (χ3v) is 3.15. The van der Waals surface area contributed by atoms with Crippen LogP contribution in [-0.2, 0) is 17.8 Å². The van der Waals surface area contributed by atoms with E-state index in [9.17, 15) is 4.79 Å². The van der Waals surface area contributed by atoms with Gasteiger partial charge in [-0.2, -0.15) is 0 Å². The summed E-state index contributed by atoms with van der Waals surface area (Å²) in [5, 5.41) is 3.57. The van der Waals surface area contributed by atoms with Crippen molar-refractivity contribution >= 4 is 17.5 Å². The van der Waals surface area contributed by atoms with Crippen LogP contribution in [0, 0.1) is 0 Å². The molecule has 0 bridgehead atoms. The van der Waals surface area contributed by atoms with Gasteiger partial charge < -0.3 is 10.1 Å². The number of nitrogens with one attached hydrogen (secondary N) is 1. The molecule has 20 heavy (non-hydrogen) atoms. The molecule has 0 aliphatic carbocycles. The number of methoxy groups -OCH3 is 1. The first-order chi connectivity index (χ1) is 9.67. The molecule has 0 radical (unpaired) electrons. The summed E-state index contributed by atoms with van der Waals surface area (Å²) >= 11 is 5.81. The van der Waals surface area contributed by atoms with Crippen molar-refractivity contribution in [3.8, 4) is 5.75 Å². The normalized spacial score (nSPS) is 10.1. The van der Waals surface area contributed by atoms with Gasteiger partial charge in [0, 0.05) is 11.6 Å². The minimum atomic E-state index is -0.0202. The first kappa shape index (κ1) is 14.4. The summed E-state index contributed by atoms with van der Waals surface area (Å²) in [7, 11) is 1.61. The van der Waals surface area contributed by atoms with Crippen LogP contribution < -0.4 is 10.1 Å². The monoisotopic (exact) mass is 289 g/mol. The lowest BCUT2D eigenvalue weighted by molar-refractivity contribution is -0.120. The van der Waals surface area contributed by atoms with Gasteiger partial charge >= 0.3 is 0 Å². The Hall–Kier alpha value is -2.00. The Morgan fingerprint density at radius 2 is 1.90 bits per heavy atom. The number of amides is 1. The smallest absolute Gasteiger partial charge is 0.224 e. The molecule has 2 rings (SSSR count). The standard InChI is InChI=1S/C16H16ClNO2/c1-20-15-4-2-3-13(9-15)10-16(19)18-11-12-5-7-14(17)8-6-12/h2-9H,10-11H2,1H3,(H,18,19). The molecule has 0 aliphatic rings. The number of carbonyl (C=O) groups is 1. The number of hydrogen-bond acceptors (Lipinski definition) is 2. The van der Waals surface area contributed by atoms with Crippen LogP contribution in [0.3, 0.4) is 0 Å². The third kappa shape index (κ3) is 4.28. The fraction of sp³-hybridized carbons (Fsp3) is 0.188. The van der Waals surface area contributed by atoms with Gasteiger partial charge in [-0.15, -0.1) is 0 Å². The van der Waals surface area contributed by atoms with E-state index in [4.69, 9.17) is 16.3 Å². The molecule has 4 heteroatoms. The van der Waals surface area contributed by atoms with E-state index in [1.807, 2.05) is 48.5 Å². The molecule has 0 saturated carbocycles. The van der Waals surface area contributed by atoms with Crippen LogP contribution in [0.1, 0.15) is 11.1 Å². The highest BCUT2D eigenvalue weighted by Gasteiger charge is 2.04. The van der Waals surface area contributed by atoms with E-state index in [2.05, 4.69) is 5.32 Å². The molecule has 0 heterocycles. The molecule has 3 nitrogen and oxygen atoms in total. The second-order valence-electron chi connectivity index (χ2n) is 4.43.